The third-order valence-corrected chi connectivity index (χ3v) is 4.91. The third-order valence-electron chi connectivity index (χ3n) is 4.53. The fourth-order valence-corrected chi connectivity index (χ4v) is 3.10. The molecule has 0 aliphatic rings. The zero-order valence-electron chi connectivity index (χ0n) is 18.9. The van der Waals surface area contributed by atoms with Gasteiger partial charge in [0.05, 0.1) is 28.4 Å². The minimum Gasteiger partial charge on any atom is -0.478 e. The molecule has 1 aromatic heterocycles. The van der Waals surface area contributed by atoms with E-state index in [1.807, 2.05) is 60.7 Å². The quantitative estimate of drug-likeness (QED) is 0.183. The van der Waals surface area contributed by atoms with Crippen molar-refractivity contribution in [3.05, 3.63) is 89.7 Å². The number of rotatable bonds is 7. The SMILES string of the molecule is C/C(=N\NC(=S)Nc1ccccc1)c1cc(C(=O)O)cc(/C(C)=N/NC(=S)Nc2ccccc2)n1. The van der Waals surface area contributed by atoms with E-state index >= 15 is 0 Å². The van der Waals surface area contributed by atoms with Crippen LogP contribution < -0.4 is 21.5 Å². The van der Waals surface area contributed by atoms with Crippen LogP contribution in [-0.4, -0.2) is 37.7 Å². The molecule has 5 N–H and O–H groups in total. The van der Waals surface area contributed by atoms with E-state index in [0.717, 1.165) is 11.4 Å². The number of carbonyl (C=O) groups is 1. The highest BCUT2D eigenvalue weighted by Gasteiger charge is 2.13. The Kier molecular flexibility index (Phi) is 8.93. The Balaban J connectivity index is 1.73. The molecule has 0 spiro atoms. The first kappa shape index (κ1) is 25.4. The zero-order valence-corrected chi connectivity index (χ0v) is 20.6. The molecule has 3 aromatic rings. The van der Waals surface area contributed by atoms with Gasteiger partial charge in [0.15, 0.2) is 10.2 Å². The molecule has 0 aliphatic carbocycles. The average molecular weight is 506 g/mol. The van der Waals surface area contributed by atoms with Crippen molar-refractivity contribution in [1.29, 1.82) is 0 Å². The number of hydrogen-bond acceptors (Lipinski definition) is 6. The lowest BCUT2D eigenvalue weighted by Crippen LogP contribution is -2.26. The van der Waals surface area contributed by atoms with Crippen LogP contribution in [0.25, 0.3) is 0 Å². The van der Waals surface area contributed by atoms with Crippen LogP contribution in [0.1, 0.15) is 35.6 Å². The second kappa shape index (κ2) is 12.3. The van der Waals surface area contributed by atoms with Crippen LogP contribution >= 0.6 is 24.4 Å². The molecule has 0 amide bonds. The molecule has 11 heteroatoms. The second-order valence-electron chi connectivity index (χ2n) is 7.19. The lowest BCUT2D eigenvalue weighted by molar-refractivity contribution is 0.0696. The van der Waals surface area contributed by atoms with Gasteiger partial charge in [0.2, 0.25) is 0 Å². The largest absolute Gasteiger partial charge is 0.478 e. The van der Waals surface area contributed by atoms with Crippen molar-refractivity contribution in [1.82, 2.24) is 15.8 Å². The van der Waals surface area contributed by atoms with Crippen LogP contribution in [-0.2, 0) is 0 Å². The maximum absolute atomic E-state index is 11.7. The van der Waals surface area contributed by atoms with Gasteiger partial charge in [-0.15, -0.1) is 0 Å². The molecule has 0 atom stereocenters. The molecule has 0 fully saturated rings. The molecule has 0 radical (unpaired) electrons. The normalized spacial score (nSPS) is 11.4. The highest BCUT2D eigenvalue weighted by Crippen LogP contribution is 2.10. The minimum atomic E-state index is -1.10. The monoisotopic (exact) mass is 505 g/mol. The lowest BCUT2D eigenvalue weighted by atomic mass is 10.1. The fraction of sp³-hybridized carbons (Fsp3) is 0.0833. The third kappa shape index (κ3) is 7.95. The van der Waals surface area contributed by atoms with Crippen LogP contribution in [0.5, 0.6) is 0 Å². The van der Waals surface area contributed by atoms with Gasteiger partial charge in [-0.25, -0.2) is 9.78 Å². The van der Waals surface area contributed by atoms with Crippen LogP contribution in [0.4, 0.5) is 11.4 Å². The van der Waals surface area contributed by atoms with Crippen molar-refractivity contribution >= 4 is 63.4 Å². The van der Waals surface area contributed by atoms with Crippen molar-refractivity contribution in [3.8, 4) is 0 Å². The summed E-state index contributed by atoms with van der Waals surface area (Å²) in [5.41, 5.74) is 8.74. The molecule has 1 heterocycles. The Labute approximate surface area is 213 Å². The van der Waals surface area contributed by atoms with Crippen molar-refractivity contribution in [3.63, 3.8) is 0 Å². The van der Waals surface area contributed by atoms with Gasteiger partial charge in [0, 0.05) is 11.4 Å². The smallest absolute Gasteiger partial charge is 0.335 e. The summed E-state index contributed by atoms with van der Waals surface area (Å²) in [5.74, 6) is -1.10. The van der Waals surface area contributed by atoms with E-state index in [1.54, 1.807) is 13.8 Å². The number of anilines is 2. The van der Waals surface area contributed by atoms with Crippen molar-refractivity contribution in [2.24, 2.45) is 10.2 Å². The number of hydrogen-bond donors (Lipinski definition) is 5. The number of nitrogens with one attached hydrogen (secondary N) is 4. The van der Waals surface area contributed by atoms with E-state index in [9.17, 15) is 9.90 Å². The number of aromatic nitrogens is 1. The number of carboxylic acid groups (broad SMARTS) is 1. The number of carboxylic acids is 1. The van der Waals surface area contributed by atoms with Gasteiger partial charge in [0.25, 0.3) is 0 Å². The first-order chi connectivity index (χ1) is 16.8. The Hall–Kier alpha value is -4.22. The second-order valence-corrected chi connectivity index (χ2v) is 8.01. The molecule has 9 nitrogen and oxygen atoms in total. The molecule has 178 valence electrons. The lowest BCUT2D eigenvalue weighted by Gasteiger charge is -2.10. The Morgan fingerprint density at radius 1 is 0.771 bits per heavy atom. The highest BCUT2D eigenvalue weighted by molar-refractivity contribution is 7.80. The number of pyridine rings is 1. The van der Waals surface area contributed by atoms with Gasteiger partial charge in [-0.05, 0) is 74.7 Å². The molecular formula is C24H23N7O2S2. The standard InChI is InChI=1S/C24H23N7O2S2/c1-15(28-30-23(34)25-18-9-5-3-6-10-18)20-13-17(22(32)33)14-21(27-20)16(2)29-31-24(35)26-19-11-7-4-8-12-19/h3-14H,1-2H3,(H,32,33)(H2,25,30,34)(H2,26,31,35)/b28-15+,29-16+. The Morgan fingerprint density at radius 3 is 1.54 bits per heavy atom. The molecule has 0 unspecified atom stereocenters. The van der Waals surface area contributed by atoms with Gasteiger partial charge in [0.1, 0.15) is 0 Å². The number of nitrogens with zero attached hydrogens (tertiary/aromatic N) is 3. The van der Waals surface area contributed by atoms with Gasteiger partial charge >= 0.3 is 5.97 Å². The molecule has 2 aromatic carbocycles. The summed E-state index contributed by atoms with van der Waals surface area (Å²) in [5, 5.41) is 24.6. The van der Waals surface area contributed by atoms with Crippen LogP contribution in [0.2, 0.25) is 0 Å². The maximum atomic E-state index is 11.7. The number of hydrazone groups is 2. The summed E-state index contributed by atoms with van der Waals surface area (Å²) in [7, 11) is 0. The van der Waals surface area contributed by atoms with E-state index < -0.39 is 5.97 Å². The summed E-state index contributed by atoms with van der Waals surface area (Å²) in [4.78, 5) is 16.2. The van der Waals surface area contributed by atoms with Crippen molar-refractivity contribution in [2.45, 2.75) is 13.8 Å². The fourth-order valence-electron chi connectivity index (χ4n) is 2.77. The van der Waals surface area contributed by atoms with Gasteiger partial charge in [-0.1, -0.05) is 36.4 Å². The topological polar surface area (TPSA) is 123 Å². The van der Waals surface area contributed by atoms with E-state index in [4.69, 9.17) is 24.4 Å². The number of benzene rings is 2. The van der Waals surface area contributed by atoms with E-state index in [2.05, 4.69) is 36.7 Å². The Morgan fingerprint density at radius 2 is 1.17 bits per heavy atom. The zero-order chi connectivity index (χ0) is 25.2. The highest BCUT2D eigenvalue weighted by atomic mass is 32.1. The summed E-state index contributed by atoms with van der Waals surface area (Å²) in [6.45, 7) is 3.39. The molecule has 35 heavy (non-hydrogen) atoms. The van der Waals surface area contributed by atoms with E-state index in [1.165, 1.54) is 12.1 Å². The van der Waals surface area contributed by atoms with E-state index in [-0.39, 0.29) is 15.8 Å². The van der Waals surface area contributed by atoms with E-state index in [0.29, 0.717) is 22.8 Å². The summed E-state index contributed by atoms with van der Waals surface area (Å²) < 4.78 is 0. The molecule has 0 aliphatic heterocycles. The predicted octanol–water partition coefficient (Wildman–Crippen LogP) is 4.20. The summed E-state index contributed by atoms with van der Waals surface area (Å²) in [6, 6.07) is 21.7. The van der Waals surface area contributed by atoms with Gasteiger partial charge in [-0.3, -0.25) is 10.9 Å². The van der Waals surface area contributed by atoms with Crippen LogP contribution in [0.3, 0.4) is 0 Å². The first-order valence-corrected chi connectivity index (χ1v) is 11.2. The Bertz CT molecular complexity index is 1190. The maximum Gasteiger partial charge on any atom is 0.335 e. The minimum absolute atomic E-state index is 0.0454. The first-order valence-electron chi connectivity index (χ1n) is 10.4. The van der Waals surface area contributed by atoms with Crippen LogP contribution in [0.15, 0.2) is 83.0 Å². The summed E-state index contributed by atoms with van der Waals surface area (Å²) in [6.07, 6.45) is 0. The molecule has 3 rings (SSSR count). The molecular weight excluding hydrogens is 482 g/mol. The van der Waals surface area contributed by atoms with Gasteiger partial charge < -0.3 is 15.7 Å². The number of aromatic carboxylic acids is 1. The van der Waals surface area contributed by atoms with Gasteiger partial charge in [-0.2, -0.15) is 10.2 Å². The molecule has 0 bridgehead atoms. The van der Waals surface area contributed by atoms with Crippen LogP contribution in [0, 0.1) is 0 Å². The molecule has 0 saturated heterocycles. The number of thiocarbonyl (C=S) groups is 2. The predicted molar refractivity (Wildman–Crippen MR) is 147 cm³/mol. The van der Waals surface area contributed by atoms with Crippen molar-refractivity contribution in [2.75, 3.05) is 10.6 Å². The molecule has 0 saturated carbocycles. The number of para-hydroxylation sites is 2. The summed E-state index contributed by atoms with van der Waals surface area (Å²) >= 11 is 10.5. The van der Waals surface area contributed by atoms with Crippen molar-refractivity contribution < 1.29 is 9.90 Å². The average Bonchev–Trinajstić information content (AvgIpc) is 2.86.